The molecule has 2 aromatic heterocycles. The molecule has 1 aliphatic heterocycles. The first-order valence-corrected chi connectivity index (χ1v) is 10.7. The average Bonchev–Trinajstić information content (AvgIpc) is 3.27. The van der Waals surface area contributed by atoms with Gasteiger partial charge in [-0.05, 0) is 30.3 Å². The van der Waals surface area contributed by atoms with Crippen LogP contribution in [0.15, 0.2) is 54.7 Å². The lowest BCUT2D eigenvalue weighted by Gasteiger charge is -2.29. The fourth-order valence-corrected chi connectivity index (χ4v) is 4.12. The Hall–Kier alpha value is -3.60. The fraction of sp³-hybridized carbons (Fsp3) is 0.250. The van der Waals surface area contributed by atoms with Gasteiger partial charge >= 0.3 is 12.4 Å². The largest absolute Gasteiger partial charge is 0.417 e. The zero-order valence-corrected chi connectivity index (χ0v) is 18.0. The first-order valence-electron chi connectivity index (χ1n) is 10.7. The van der Waals surface area contributed by atoms with Crippen LogP contribution in [0.4, 0.5) is 32.0 Å². The van der Waals surface area contributed by atoms with Crippen molar-refractivity contribution in [2.45, 2.75) is 12.4 Å². The van der Waals surface area contributed by atoms with E-state index in [2.05, 4.69) is 15.0 Å². The summed E-state index contributed by atoms with van der Waals surface area (Å²) < 4.78 is 87.8. The minimum absolute atomic E-state index is 0.0342. The van der Waals surface area contributed by atoms with Crippen LogP contribution >= 0.6 is 0 Å². The third-order valence-corrected chi connectivity index (χ3v) is 5.78. The molecule has 5 nitrogen and oxygen atoms in total. The number of aromatic nitrogens is 3. The molecule has 0 saturated carbocycles. The molecule has 0 aliphatic carbocycles. The summed E-state index contributed by atoms with van der Waals surface area (Å²) in [6.07, 6.45) is -7.89. The second-order valence-corrected chi connectivity index (χ2v) is 8.05. The molecule has 4 aromatic rings. The Morgan fingerprint density at radius 1 is 0.886 bits per heavy atom. The number of nitrogens with one attached hydrogen (secondary N) is 1. The van der Waals surface area contributed by atoms with E-state index >= 15 is 0 Å². The van der Waals surface area contributed by atoms with Gasteiger partial charge in [0.25, 0.3) is 0 Å². The normalized spacial score (nSPS) is 15.1. The van der Waals surface area contributed by atoms with Crippen molar-refractivity contribution in [1.29, 1.82) is 0 Å². The highest BCUT2D eigenvalue weighted by Crippen LogP contribution is 2.40. The van der Waals surface area contributed by atoms with Crippen molar-refractivity contribution >= 4 is 16.7 Å². The molecule has 0 bridgehead atoms. The molecule has 1 saturated heterocycles. The van der Waals surface area contributed by atoms with E-state index in [0.717, 1.165) is 18.2 Å². The van der Waals surface area contributed by atoms with Crippen LogP contribution in [0.1, 0.15) is 11.1 Å². The predicted octanol–water partition coefficient (Wildman–Crippen LogP) is 6.17. The first-order chi connectivity index (χ1) is 16.6. The molecule has 0 radical (unpaired) electrons. The molecule has 11 heteroatoms. The second kappa shape index (κ2) is 8.56. The van der Waals surface area contributed by atoms with Crippen LogP contribution in [-0.2, 0) is 17.1 Å². The fourth-order valence-electron chi connectivity index (χ4n) is 4.12. The van der Waals surface area contributed by atoms with E-state index < -0.39 is 23.5 Å². The number of morpholine rings is 1. The van der Waals surface area contributed by atoms with Gasteiger partial charge in [-0.15, -0.1) is 0 Å². The Labute approximate surface area is 195 Å². The van der Waals surface area contributed by atoms with E-state index in [4.69, 9.17) is 4.74 Å². The van der Waals surface area contributed by atoms with E-state index in [-0.39, 0.29) is 39.4 Å². The highest BCUT2D eigenvalue weighted by atomic mass is 19.4. The van der Waals surface area contributed by atoms with E-state index in [1.807, 2.05) is 0 Å². The van der Waals surface area contributed by atoms with Gasteiger partial charge in [0.15, 0.2) is 0 Å². The SMILES string of the molecule is FC(F)(F)c1cc(N2CCOCC2)c2nc(-c3ccc(-c4ccccn4)c(C(F)(F)F)c3)[nH]c2c1. The number of aromatic amines is 1. The van der Waals surface area contributed by atoms with Crippen molar-refractivity contribution in [2.24, 2.45) is 0 Å². The van der Waals surface area contributed by atoms with Crippen LogP contribution in [0.25, 0.3) is 33.7 Å². The number of ether oxygens (including phenoxy) is 1. The standard InChI is InChI=1S/C24H18F6N4O/c25-23(26,27)15-12-19-21(20(13-15)34-7-9-35-10-8-34)33-22(32-19)14-4-5-16(17(11-14)24(28,29)30)18-3-1-2-6-31-18/h1-6,11-13H,7-10H2,(H,32,33). The van der Waals surface area contributed by atoms with Crippen LogP contribution in [0.3, 0.4) is 0 Å². The molecule has 0 amide bonds. The third kappa shape index (κ3) is 4.55. The number of nitrogens with zero attached hydrogens (tertiary/aromatic N) is 3. The topological polar surface area (TPSA) is 54.0 Å². The van der Waals surface area contributed by atoms with Gasteiger partial charge in [-0.2, -0.15) is 26.3 Å². The Morgan fingerprint density at radius 3 is 2.31 bits per heavy atom. The van der Waals surface area contributed by atoms with E-state index in [1.165, 1.54) is 24.4 Å². The number of hydrogen-bond donors (Lipinski definition) is 1. The molecule has 1 fully saturated rings. The van der Waals surface area contributed by atoms with E-state index in [9.17, 15) is 26.3 Å². The molecule has 5 rings (SSSR count). The number of hydrogen-bond acceptors (Lipinski definition) is 4. The number of rotatable bonds is 3. The minimum Gasteiger partial charge on any atom is -0.378 e. The van der Waals surface area contributed by atoms with Gasteiger partial charge in [-0.3, -0.25) is 4.98 Å². The van der Waals surface area contributed by atoms with Crippen molar-refractivity contribution in [1.82, 2.24) is 15.0 Å². The molecule has 2 aromatic carbocycles. The monoisotopic (exact) mass is 492 g/mol. The predicted molar refractivity (Wildman–Crippen MR) is 118 cm³/mol. The van der Waals surface area contributed by atoms with E-state index in [1.54, 1.807) is 17.0 Å². The Bertz CT molecular complexity index is 1360. The summed E-state index contributed by atoms with van der Waals surface area (Å²) >= 11 is 0. The maximum atomic E-state index is 13.9. The number of benzene rings is 2. The highest BCUT2D eigenvalue weighted by molar-refractivity contribution is 5.92. The van der Waals surface area contributed by atoms with E-state index in [0.29, 0.717) is 26.3 Å². The van der Waals surface area contributed by atoms with Crippen LogP contribution in [0, 0.1) is 0 Å². The summed E-state index contributed by atoms with van der Waals surface area (Å²) in [5, 5.41) is 0. The van der Waals surface area contributed by atoms with Gasteiger partial charge in [0.2, 0.25) is 0 Å². The van der Waals surface area contributed by atoms with Crippen LogP contribution in [0.2, 0.25) is 0 Å². The van der Waals surface area contributed by atoms with Gasteiger partial charge in [-0.1, -0.05) is 18.2 Å². The van der Waals surface area contributed by atoms with Gasteiger partial charge in [0.05, 0.1) is 41.2 Å². The minimum atomic E-state index is -4.68. The number of halogens is 6. The quantitative estimate of drug-likeness (QED) is 0.348. The summed E-state index contributed by atoms with van der Waals surface area (Å²) in [6.45, 7) is 1.43. The van der Waals surface area contributed by atoms with Crippen molar-refractivity contribution < 1.29 is 31.1 Å². The number of pyridine rings is 1. The first kappa shape index (κ1) is 23.2. The molecule has 3 heterocycles. The number of alkyl halides is 6. The smallest absolute Gasteiger partial charge is 0.378 e. The summed E-state index contributed by atoms with van der Waals surface area (Å²) in [6, 6.07) is 10.3. The van der Waals surface area contributed by atoms with Crippen LogP contribution < -0.4 is 4.90 Å². The number of H-pyrrole nitrogens is 1. The van der Waals surface area contributed by atoms with Gasteiger partial charge < -0.3 is 14.6 Å². The summed E-state index contributed by atoms with van der Waals surface area (Å²) in [7, 11) is 0. The lowest BCUT2D eigenvalue weighted by Crippen LogP contribution is -2.36. The van der Waals surface area contributed by atoms with Crippen molar-refractivity contribution in [3.8, 4) is 22.6 Å². The maximum Gasteiger partial charge on any atom is 0.417 e. The molecular formula is C24H18F6N4O. The molecule has 0 spiro atoms. The summed E-state index contributed by atoms with van der Waals surface area (Å²) in [5.74, 6) is 0.0342. The number of fused-ring (bicyclic) bond motifs is 1. The summed E-state index contributed by atoms with van der Waals surface area (Å²) in [5.41, 5.74) is -1.07. The molecule has 0 unspecified atom stereocenters. The Morgan fingerprint density at radius 2 is 1.66 bits per heavy atom. The second-order valence-electron chi connectivity index (χ2n) is 8.05. The highest BCUT2D eigenvalue weighted by Gasteiger charge is 2.35. The summed E-state index contributed by atoms with van der Waals surface area (Å²) in [4.78, 5) is 13.0. The van der Waals surface area contributed by atoms with Gasteiger partial charge in [-0.25, -0.2) is 4.98 Å². The van der Waals surface area contributed by atoms with Gasteiger partial charge in [0.1, 0.15) is 11.3 Å². The number of anilines is 1. The molecule has 1 N–H and O–H groups in total. The Balaban J connectivity index is 1.66. The average molecular weight is 492 g/mol. The number of imidazole rings is 1. The van der Waals surface area contributed by atoms with Crippen molar-refractivity contribution in [3.63, 3.8) is 0 Å². The molecule has 35 heavy (non-hydrogen) atoms. The Kier molecular flexibility index (Phi) is 5.66. The lowest BCUT2D eigenvalue weighted by atomic mass is 10.00. The lowest BCUT2D eigenvalue weighted by molar-refractivity contribution is -0.138. The van der Waals surface area contributed by atoms with Crippen LogP contribution in [-0.4, -0.2) is 41.3 Å². The third-order valence-electron chi connectivity index (χ3n) is 5.78. The van der Waals surface area contributed by atoms with Gasteiger partial charge in [0, 0.05) is 30.4 Å². The maximum absolute atomic E-state index is 13.9. The molecule has 1 aliphatic rings. The molecular weight excluding hydrogens is 474 g/mol. The van der Waals surface area contributed by atoms with Crippen molar-refractivity contribution in [3.05, 3.63) is 65.9 Å². The zero-order chi connectivity index (χ0) is 24.8. The van der Waals surface area contributed by atoms with Crippen LogP contribution in [0.5, 0.6) is 0 Å². The zero-order valence-electron chi connectivity index (χ0n) is 18.0. The molecule has 182 valence electrons. The van der Waals surface area contributed by atoms with Crippen molar-refractivity contribution in [2.75, 3.05) is 31.2 Å². The molecule has 0 atom stereocenters.